The van der Waals surface area contributed by atoms with Crippen molar-refractivity contribution in [3.63, 3.8) is 0 Å². The first-order valence-corrected chi connectivity index (χ1v) is 3.93. The van der Waals surface area contributed by atoms with Crippen LogP contribution in [0.4, 0.5) is 8.78 Å². The fourth-order valence-electron chi connectivity index (χ4n) is 0.897. The molecule has 0 saturated heterocycles. The Bertz CT molecular complexity index is 269. The summed E-state index contributed by atoms with van der Waals surface area (Å²) in [5, 5.41) is 0. The first kappa shape index (κ1) is 9.46. The Morgan fingerprint density at radius 2 is 1.50 bits per heavy atom. The van der Waals surface area contributed by atoms with Crippen molar-refractivity contribution in [3.05, 3.63) is 35.4 Å². The fourth-order valence-corrected chi connectivity index (χ4v) is 1.01. The Balaban J connectivity index is 3.18. The maximum absolute atomic E-state index is 12.7. The molecule has 0 amide bonds. The number of alkyl halides is 1. The van der Waals surface area contributed by atoms with Crippen LogP contribution < -0.4 is 0 Å². The third-order valence-electron chi connectivity index (χ3n) is 1.55. The normalized spacial score (nSPS) is 11.8. The van der Waals surface area contributed by atoms with E-state index in [4.69, 9.17) is 11.6 Å². The summed E-state index contributed by atoms with van der Waals surface area (Å²) in [6.07, 6.45) is 0. The highest BCUT2D eigenvalue weighted by atomic mass is 35.5. The molecule has 1 aromatic rings. The number of hydrogen-bond donors (Lipinski definition) is 0. The SMILES string of the molecule is CC(C)(Cl)c1cc(F)cc(F)c1. The molecule has 0 heterocycles. The van der Waals surface area contributed by atoms with Crippen LogP contribution in [-0.4, -0.2) is 0 Å². The van der Waals surface area contributed by atoms with Crippen LogP contribution in [0.1, 0.15) is 19.4 Å². The largest absolute Gasteiger partial charge is 0.207 e. The maximum Gasteiger partial charge on any atom is 0.126 e. The van der Waals surface area contributed by atoms with E-state index in [0.717, 1.165) is 6.07 Å². The molecule has 12 heavy (non-hydrogen) atoms. The van der Waals surface area contributed by atoms with E-state index in [2.05, 4.69) is 0 Å². The van der Waals surface area contributed by atoms with Crippen molar-refractivity contribution in [1.82, 2.24) is 0 Å². The van der Waals surface area contributed by atoms with Crippen molar-refractivity contribution in [2.45, 2.75) is 18.7 Å². The van der Waals surface area contributed by atoms with Gasteiger partial charge in [0.05, 0.1) is 4.87 Å². The molecule has 1 rings (SSSR count). The Kier molecular flexibility index (Phi) is 2.38. The minimum atomic E-state index is -0.733. The van der Waals surface area contributed by atoms with Crippen LogP contribution in [0.25, 0.3) is 0 Å². The van der Waals surface area contributed by atoms with E-state index in [1.165, 1.54) is 12.1 Å². The Morgan fingerprint density at radius 3 is 1.83 bits per heavy atom. The van der Waals surface area contributed by atoms with Gasteiger partial charge in [-0.15, -0.1) is 11.6 Å². The lowest BCUT2D eigenvalue weighted by molar-refractivity contribution is 0.573. The van der Waals surface area contributed by atoms with Gasteiger partial charge in [0, 0.05) is 6.07 Å². The van der Waals surface area contributed by atoms with E-state index < -0.39 is 16.5 Å². The molecule has 0 bridgehead atoms. The summed E-state index contributed by atoms with van der Waals surface area (Å²) in [4.78, 5) is -0.733. The van der Waals surface area contributed by atoms with Gasteiger partial charge in [0.15, 0.2) is 0 Å². The topological polar surface area (TPSA) is 0 Å². The standard InChI is InChI=1S/C9H9ClF2/c1-9(2,10)6-3-7(11)5-8(12)4-6/h3-5H,1-2H3. The average Bonchev–Trinajstić information content (AvgIpc) is 1.82. The molecule has 0 spiro atoms. The lowest BCUT2D eigenvalue weighted by atomic mass is 10.0. The predicted octanol–water partition coefficient (Wildman–Crippen LogP) is 3.44. The second-order valence-corrected chi connectivity index (χ2v) is 4.08. The van der Waals surface area contributed by atoms with Gasteiger partial charge in [-0.1, -0.05) is 0 Å². The van der Waals surface area contributed by atoms with Crippen LogP contribution in [0.2, 0.25) is 0 Å². The highest BCUT2D eigenvalue weighted by Gasteiger charge is 2.17. The summed E-state index contributed by atoms with van der Waals surface area (Å²) in [5.41, 5.74) is 0.446. The number of benzene rings is 1. The molecule has 0 aliphatic rings. The molecular weight excluding hydrogens is 182 g/mol. The summed E-state index contributed by atoms with van der Waals surface area (Å²) in [6, 6.07) is 3.29. The zero-order chi connectivity index (χ0) is 9.35. The van der Waals surface area contributed by atoms with E-state index in [-0.39, 0.29) is 0 Å². The molecule has 0 N–H and O–H groups in total. The van der Waals surface area contributed by atoms with E-state index in [1.54, 1.807) is 13.8 Å². The second-order valence-electron chi connectivity index (χ2n) is 3.13. The van der Waals surface area contributed by atoms with Crippen molar-refractivity contribution in [1.29, 1.82) is 0 Å². The van der Waals surface area contributed by atoms with Crippen molar-refractivity contribution in [3.8, 4) is 0 Å². The van der Waals surface area contributed by atoms with E-state index in [1.807, 2.05) is 0 Å². The molecule has 0 nitrogen and oxygen atoms in total. The maximum atomic E-state index is 12.7. The number of rotatable bonds is 1. The van der Waals surface area contributed by atoms with Crippen LogP contribution in [0.5, 0.6) is 0 Å². The first-order chi connectivity index (χ1) is 5.39. The Morgan fingerprint density at radius 1 is 1.08 bits per heavy atom. The minimum absolute atomic E-state index is 0.446. The van der Waals surface area contributed by atoms with Gasteiger partial charge in [0.1, 0.15) is 11.6 Å². The molecule has 0 fully saturated rings. The molecule has 0 saturated carbocycles. The minimum Gasteiger partial charge on any atom is -0.207 e. The van der Waals surface area contributed by atoms with Crippen molar-refractivity contribution in [2.24, 2.45) is 0 Å². The van der Waals surface area contributed by atoms with Gasteiger partial charge in [-0.2, -0.15) is 0 Å². The van der Waals surface area contributed by atoms with Gasteiger partial charge in [-0.05, 0) is 31.5 Å². The van der Waals surface area contributed by atoms with Crippen molar-refractivity contribution >= 4 is 11.6 Å². The average molecular weight is 191 g/mol. The third kappa shape index (κ3) is 2.18. The summed E-state index contributed by atoms with van der Waals surface area (Å²) < 4.78 is 25.3. The lowest BCUT2D eigenvalue weighted by Crippen LogP contribution is -2.08. The summed E-state index contributed by atoms with van der Waals surface area (Å²) >= 11 is 5.87. The number of halogens is 3. The number of hydrogen-bond acceptors (Lipinski definition) is 0. The molecule has 3 heteroatoms. The highest BCUT2D eigenvalue weighted by Crippen LogP contribution is 2.28. The summed E-state index contributed by atoms with van der Waals surface area (Å²) in [6.45, 7) is 3.37. The van der Waals surface area contributed by atoms with Crippen LogP contribution in [-0.2, 0) is 4.87 Å². The molecular formula is C9H9ClF2. The van der Waals surface area contributed by atoms with Gasteiger partial charge in [0.25, 0.3) is 0 Å². The van der Waals surface area contributed by atoms with Crippen LogP contribution in [0.3, 0.4) is 0 Å². The Hall–Kier alpha value is -0.630. The predicted molar refractivity (Wildman–Crippen MR) is 45.2 cm³/mol. The molecule has 0 aromatic heterocycles. The fraction of sp³-hybridized carbons (Fsp3) is 0.333. The van der Waals surface area contributed by atoms with Gasteiger partial charge >= 0.3 is 0 Å². The van der Waals surface area contributed by atoms with E-state index >= 15 is 0 Å². The Labute approximate surface area is 75.2 Å². The lowest BCUT2D eigenvalue weighted by Gasteiger charge is -2.15. The first-order valence-electron chi connectivity index (χ1n) is 3.55. The molecule has 1 aromatic carbocycles. The molecule has 0 radical (unpaired) electrons. The van der Waals surface area contributed by atoms with Gasteiger partial charge in [-0.25, -0.2) is 8.78 Å². The van der Waals surface area contributed by atoms with Crippen molar-refractivity contribution < 1.29 is 8.78 Å². The summed E-state index contributed by atoms with van der Waals surface area (Å²) in [7, 11) is 0. The van der Waals surface area contributed by atoms with Crippen LogP contribution in [0.15, 0.2) is 18.2 Å². The molecule has 66 valence electrons. The summed E-state index contributed by atoms with van der Waals surface area (Å²) in [5.74, 6) is -1.20. The molecule has 0 atom stereocenters. The monoisotopic (exact) mass is 190 g/mol. The smallest absolute Gasteiger partial charge is 0.126 e. The molecule has 0 unspecified atom stereocenters. The molecule has 0 aliphatic carbocycles. The highest BCUT2D eigenvalue weighted by molar-refractivity contribution is 6.23. The van der Waals surface area contributed by atoms with E-state index in [9.17, 15) is 8.78 Å². The van der Waals surface area contributed by atoms with Gasteiger partial charge in [0.2, 0.25) is 0 Å². The third-order valence-corrected chi connectivity index (χ3v) is 1.77. The van der Waals surface area contributed by atoms with E-state index in [0.29, 0.717) is 5.56 Å². The van der Waals surface area contributed by atoms with Crippen LogP contribution in [0, 0.1) is 11.6 Å². The van der Waals surface area contributed by atoms with Crippen LogP contribution >= 0.6 is 11.6 Å². The molecule has 0 aliphatic heterocycles. The second kappa shape index (κ2) is 3.02. The van der Waals surface area contributed by atoms with Gasteiger partial charge in [-0.3, -0.25) is 0 Å². The zero-order valence-corrected chi connectivity index (χ0v) is 7.62. The van der Waals surface area contributed by atoms with Crippen molar-refractivity contribution in [2.75, 3.05) is 0 Å². The zero-order valence-electron chi connectivity index (χ0n) is 6.87. The van der Waals surface area contributed by atoms with Gasteiger partial charge < -0.3 is 0 Å². The quantitative estimate of drug-likeness (QED) is 0.595.